The first-order valence-corrected chi connectivity index (χ1v) is 7.60. The van der Waals surface area contributed by atoms with Gasteiger partial charge in [0.05, 0.1) is 6.10 Å². The lowest BCUT2D eigenvalue weighted by Crippen LogP contribution is -2.12. The second kappa shape index (κ2) is 9.70. The van der Waals surface area contributed by atoms with E-state index in [0.29, 0.717) is 6.10 Å². The zero-order valence-corrected chi connectivity index (χ0v) is 11.8. The number of methoxy groups -OCH3 is 1. The summed E-state index contributed by atoms with van der Waals surface area (Å²) in [6, 6.07) is 0. The van der Waals surface area contributed by atoms with Crippen LogP contribution in [0.15, 0.2) is 11.6 Å². The fraction of sp³-hybridized carbons (Fsp3) is 0.875. The Balaban J connectivity index is 2.49. The standard InChI is InChI=1S/C16H30O/c1-3-16(17-2)15-13-11-9-7-5-4-6-8-10-12-14-15/h13,16H,3-12,14H2,1-2H3. The van der Waals surface area contributed by atoms with Crippen molar-refractivity contribution in [3.63, 3.8) is 0 Å². The summed E-state index contributed by atoms with van der Waals surface area (Å²) >= 11 is 0. The summed E-state index contributed by atoms with van der Waals surface area (Å²) < 4.78 is 5.60. The average molecular weight is 238 g/mol. The average Bonchev–Trinajstić information content (AvgIpc) is 2.33. The molecule has 1 unspecified atom stereocenters. The Morgan fingerprint density at radius 1 is 1.00 bits per heavy atom. The van der Waals surface area contributed by atoms with Gasteiger partial charge in [-0.2, -0.15) is 0 Å². The van der Waals surface area contributed by atoms with Crippen LogP contribution in [-0.2, 0) is 4.74 Å². The van der Waals surface area contributed by atoms with Gasteiger partial charge >= 0.3 is 0 Å². The Hall–Kier alpha value is -0.300. The second-order valence-electron chi connectivity index (χ2n) is 5.28. The predicted molar refractivity (Wildman–Crippen MR) is 75.3 cm³/mol. The van der Waals surface area contributed by atoms with E-state index in [1.165, 1.54) is 64.2 Å². The van der Waals surface area contributed by atoms with Crippen LogP contribution in [0.4, 0.5) is 0 Å². The molecule has 0 aromatic carbocycles. The second-order valence-corrected chi connectivity index (χ2v) is 5.28. The molecule has 1 aliphatic carbocycles. The van der Waals surface area contributed by atoms with E-state index in [2.05, 4.69) is 13.0 Å². The van der Waals surface area contributed by atoms with Gasteiger partial charge in [0.1, 0.15) is 0 Å². The Labute approximate surface area is 108 Å². The summed E-state index contributed by atoms with van der Waals surface area (Å²) in [6.45, 7) is 2.23. The minimum absolute atomic E-state index is 0.373. The third kappa shape index (κ3) is 6.26. The number of rotatable bonds is 3. The normalized spacial score (nSPS) is 22.1. The fourth-order valence-electron chi connectivity index (χ4n) is 2.80. The molecular formula is C16H30O. The van der Waals surface area contributed by atoms with E-state index in [9.17, 15) is 0 Å². The van der Waals surface area contributed by atoms with Crippen molar-refractivity contribution >= 4 is 0 Å². The monoisotopic (exact) mass is 238 g/mol. The maximum absolute atomic E-state index is 5.60. The molecule has 0 saturated heterocycles. The molecule has 0 aromatic heterocycles. The van der Waals surface area contributed by atoms with Crippen LogP contribution in [0.3, 0.4) is 0 Å². The molecule has 0 amide bonds. The van der Waals surface area contributed by atoms with Crippen LogP contribution < -0.4 is 0 Å². The van der Waals surface area contributed by atoms with Gasteiger partial charge < -0.3 is 4.74 Å². The van der Waals surface area contributed by atoms with Crippen LogP contribution in [-0.4, -0.2) is 13.2 Å². The molecular weight excluding hydrogens is 208 g/mol. The van der Waals surface area contributed by atoms with Gasteiger partial charge in [0.25, 0.3) is 0 Å². The van der Waals surface area contributed by atoms with Gasteiger partial charge in [-0.25, -0.2) is 0 Å². The summed E-state index contributed by atoms with van der Waals surface area (Å²) in [5.74, 6) is 0. The molecule has 0 saturated carbocycles. The minimum Gasteiger partial charge on any atom is -0.377 e. The van der Waals surface area contributed by atoms with Crippen molar-refractivity contribution in [2.45, 2.75) is 83.7 Å². The quantitative estimate of drug-likeness (QED) is 0.610. The van der Waals surface area contributed by atoms with Crippen molar-refractivity contribution in [1.29, 1.82) is 0 Å². The molecule has 0 bridgehead atoms. The maximum Gasteiger partial charge on any atom is 0.0778 e. The number of hydrogen-bond donors (Lipinski definition) is 0. The van der Waals surface area contributed by atoms with E-state index in [1.54, 1.807) is 5.57 Å². The molecule has 0 aromatic rings. The van der Waals surface area contributed by atoms with Crippen molar-refractivity contribution in [3.05, 3.63) is 11.6 Å². The fourth-order valence-corrected chi connectivity index (χ4v) is 2.80. The van der Waals surface area contributed by atoms with Gasteiger partial charge in [-0.1, -0.05) is 51.5 Å². The molecule has 1 aliphatic rings. The molecule has 1 rings (SSSR count). The van der Waals surface area contributed by atoms with Crippen molar-refractivity contribution in [1.82, 2.24) is 0 Å². The Bertz CT molecular complexity index is 204. The van der Waals surface area contributed by atoms with Crippen LogP contribution in [0.25, 0.3) is 0 Å². The lowest BCUT2D eigenvalue weighted by molar-refractivity contribution is 0.125. The lowest BCUT2D eigenvalue weighted by Gasteiger charge is -2.18. The van der Waals surface area contributed by atoms with Gasteiger partial charge in [-0.3, -0.25) is 0 Å². The predicted octanol–water partition coefficient (Wildman–Crippen LogP) is 5.25. The first kappa shape index (κ1) is 14.8. The van der Waals surface area contributed by atoms with Crippen molar-refractivity contribution in [2.24, 2.45) is 0 Å². The van der Waals surface area contributed by atoms with Gasteiger partial charge in [-0.05, 0) is 37.7 Å². The largest absolute Gasteiger partial charge is 0.377 e. The Morgan fingerprint density at radius 2 is 1.59 bits per heavy atom. The third-order valence-electron chi connectivity index (χ3n) is 3.89. The molecule has 1 atom stereocenters. The van der Waals surface area contributed by atoms with E-state index < -0.39 is 0 Å². The molecule has 0 spiro atoms. The van der Waals surface area contributed by atoms with E-state index in [1.807, 2.05) is 7.11 Å². The van der Waals surface area contributed by atoms with E-state index >= 15 is 0 Å². The highest BCUT2D eigenvalue weighted by atomic mass is 16.5. The van der Waals surface area contributed by atoms with Gasteiger partial charge in [0.2, 0.25) is 0 Å². The molecule has 17 heavy (non-hydrogen) atoms. The molecule has 0 radical (unpaired) electrons. The summed E-state index contributed by atoms with van der Waals surface area (Å²) in [5, 5.41) is 0. The van der Waals surface area contributed by atoms with Crippen LogP contribution in [0, 0.1) is 0 Å². The Kier molecular flexibility index (Phi) is 8.42. The molecule has 0 aliphatic heterocycles. The van der Waals surface area contributed by atoms with Gasteiger partial charge in [0.15, 0.2) is 0 Å². The van der Waals surface area contributed by atoms with E-state index in [4.69, 9.17) is 4.74 Å². The molecule has 1 heteroatoms. The van der Waals surface area contributed by atoms with Gasteiger partial charge in [-0.15, -0.1) is 0 Å². The zero-order valence-electron chi connectivity index (χ0n) is 11.8. The molecule has 0 heterocycles. The first-order valence-electron chi connectivity index (χ1n) is 7.60. The summed E-state index contributed by atoms with van der Waals surface area (Å²) in [4.78, 5) is 0. The van der Waals surface area contributed by atoms with Crippen molar-refractivity contribution < 1.29 is 4.74 Å². The molecule has 1 nitrogen and oxygen atoms in total. The topological polar surface area (TPSA) is 9.23 Å². The summed E-state index contributed by atoms with van der Waals surface area (Å²) in [5.41, 5.74) is 1.57. The van der Waals surface area contributed by atoms with Crippen LogP contribution in [0.2, 0.25) is 0 Å². The highest BCUT2D eigenvalue weighted by Crippen LogP contribution is 2.21. The summed E-state index contributed by atoms with van der Waals surface area (Å²) in [7, 11) is 1.85. The third-order valence-corrected chi connectivity index (χ3v) is 3.89. The lowest BCUT2D eigenvalue weighted by atomic mass is 9.96. The maximum atomic E-state index is 5.60. The number of ether oxygens (including phenoxy) is 1. The van der Waals surface area contributed by atoms with Crippen LogP contribution in [0.5, 0.6) is 0 Å². The SMILES string of the molecule is CCC(OC)C1=CCCCCCCCCCC1. The first-order chi connectivity index (χ1) is 8.38. The van der Waals surface area contributed by atoms with Crippen molar-refractivity contribution in [2.75, 3.05) is 7.11 Å². The van der Waals surface area contributed by atoms with Crippen LogP contribution >= 0.6 is 0 Å². The van der Waals surface area contributed by atoms with Gasteiger partial charge in [0, 0.05) is 7.11 Å². The zero-order chi connectivity index (χ0) is 12.3. The van der Waals surface area contributed by atoms with Crippen molar-refractivity contribution in [3.8, 4) is 0 Å². The molecule has 0 N–H and O–H groups in total. The van der Waals surface area contributed by atoms with Crippen LogP contribution in [0.1, 0.15) is 77.6 Å². The van der Waals surface area contributed by atoms with E-state index in [-0.39, 0.29) is 0 Å². The smallest absolute Gasteiger partial charge is 0.0778 e. The highest BCUT2D eigenvalue weighted by molar-refractivity contribution is 5.08. The molecule has 0 fully saturated rings. The minimum atomic E-state index is 0.373. The number of allylic oxidation sites excluding steroid dienone is 1. The molecule has 100 valence electrons. The highest BCUT2D eigenvalue weighted by Gasteiger charge is 2.10. The number of hydrogen-bond acceptors (Lipinski definition) is 1. The van der Waals surface area contributed by atoms with E-state index in [0.717, 1.165) is 6.42 Å². The summed E-state index contributed by atoms with van der Waals surface area (Å²) in [6.07, 6.45) is 17.8. The Morgan fingerprint density at radius 3 is 2.18 bits per heavy atom.